The molecule has 4 rings (SSSR count). The van der Waals surface area contributed by atoms with Gasteiger partial charge in [0, 0.05) is 24.5 Å². The normalized spacial score (nSPS) is 12.9. The summed E-state index contributed by atoms with van der Waals surface area (Å²) in [7, 11) is -2.37. The lowest BCUT2D eigenvalue weighted by Crippen LogP contribution is -2.24. The molecule has 0 spiro atoms. The first-order valence-electron chi connectivity index (χ1n) is 9.59. The number of nitrogens with zero attached hydrogens (tertiary/aromatic N) is 2. The predicted molar refractivity (Wildman–Crippen MR) is 128 cm³/mol. The van der Waals surface area contributed by atoms with Crippen molar-refractivity contribution >= 4 is 43.5 Å². The molecule has 0 radical (unpaired) electrons. The number of pyridine rings is 1. The molecule has 5 nitrogen and oxygen atoms in total. The third-order valence-electron chi connectivity index (χ3n) is 5.48. The smallest absolute Gasteiger partial charge is 0.275 e. The Labute approximate surface area is 193 Å². The summed E-state index contributed by atoms with van der Waals surface area (Å²) in [6.07, 6.45) is 1.72. The van der Waals surface area contributed by atoms with Crippen molar-refractivity contribution in [3.8, 4) is 0 Å². The van der Waals surface area contributed by atoms with Gasteiger partial charge in [-0.05, 0) is 71.0 Å². The van der Waals surface area contributed by atoms with Crippen LogP contribution >= 0.6 is 22.6 Å². The standard InChI is InChI=1S/C23H20FIN2O3S/c1-14-4-10-18(11-5-14)31(29,30)27-21(25)12-19-20(13-26(3)23(28)22(19)27)15(2)16-6-8-17(24)9-7-16/h4-13,15H,1-3H3. The first-order chi connectivity index (χ1) is 14.6. The van der Waals surface area contributed by atoms with Gasteiger partial charge in [0.15, 0.2) is 0 Å². The van der Waals surface area contributed by atoms with Crippen LogP contribution in [0.1, 0.15) is 29.5 Å². The monoisotopic (exact) mass is 550 g/mol. The second-order valence-corrected chi connectivity index (χ2v) is 10.5. The average Bonchev–Trinajstić information content (AvgIpc) is 3.09. The molecule has 2 aromatic heterocycles. The van der Waals surface area contributed by atoms with Crippen LogP contribution in [0, 0.1) is 16.4 Å². The molecule has 4 aromatic rings. The van der Waals surface area contributed by atoms with Crippen LogP contribution in [0.25, 0.3) is 10.9 Å². The van der Waals surface area contributed by atoms with Gasteiger partial charge >= 0.3 is 0 Å². The maximum atomic E-state index is 13.5. The maximum absolute atomic E-state index is 13.5. The third kappa shape index (κ3) is 3.71. The van der Waals surface area contributed by atoms with Crippen molar-refractivity contribution in [2.24, 2.45) is 7.05 Å². The summed E-state index contributed by atoms with van der Waals surface area (Å²) in [6.45, 7) is 3.83. The van der Waals surface area contributed by atoms with Gasteiger partial charge in [0.05, 0.1) is 8.60 Å². The maximum Gasteiger partial charge on any atom is 0.275 e. The zero-order valence-corrected chi connectivity index (χ0v) is 20.1. The molecule has 0 fully saturated rings. The summed E-state index contributed by atoms with van der Waals surface area (Å²) in [5.41, 5.74) is 2.31. The Balaban J connectivity index is 2.00. The summed E-state index contributed by atoms with van der Waals surface area (Å²) in [5, 5.41) is 0.569. The van der Waals surface area contributed by atoms with Gasteiger partial charge < -0.3 is 4.57 Å². The molecule has 0 bridgehead atoms. The molecule has 31 heavy (non-hydrogen) atoms. The van der Waals surface area contributed by atoms with Gasteiger partial charge in [-0.2, -0.15) is 0 Å². The van der Waals surface area contributed by atoms with Crippen molar-refractivity contribution in [1.82, 2.24) is 8.54 Å². The SMILES string of the molecule is Cc1ccc(S(=O)(=O)n2c(I)cc3c(C(C)c4ccc(F)cc4)cn(C)c(=O)c32)cc1. The molecule has 0 aliphatic rings. The number of fused-ring (bicyclic) bond motifs is 1. The lowest BCUT2D eigenvalue weighted by molar-refractivity contribution is 0.588. The van der Waals surface area contributed by atoms with Crippen LogP contribution in [-0.4, -0.2) is 17.0 Å². The molecule has 1 atom stereocenters. The molecule has 2 aromatic carbocycles. The molecule has 0 saturated heterocycles. The van der Waals surface area contributed by atoms with Crippen LogP contribution in [-0.2, 0) is 17.1 Å². The van der Waals surface area contributed by atoms with E-state index in [-0.39, 0.29) is 22.1 Å². The van der Waals surface area contributed by atoms with Crippen molar-refractivity contribution in [2.75, 3.05) is 0 Å². The number of benzene rings is 2. The van der Waals surface area contributed by atoms with E-state index in [2.05, 4.69) is 0 Å². The molecule has 160 valence electrons. The quantitative estimate of drug-likeness (QED) is 0.344. The lowest BCUT2D eigenvalue weighted by atomic mass is 9.92. The molecular weight excluding hydrogens is 530 g/mol. The van der Waals surface area contributed by atoms with Crippen molar-refractivity contribution in [3.63, 3.8) is 0 Å². The minimum atomic E-state index is -3.98. The van der Waals surface area contributed by atoms with E-state index in [1.54, 1.807) is 55.7 Å². The first-order valence-corrected chi connectivity index (χ1v) is 12.1. The van der Waals surface area contributed by atoms with Crippen LogP contribution in [0.3, 0.4) is 0 Å². The average molecular weight is 550 g/mol. The number of aromatic nitrogens is 2. The van der Waals surface area contributed by atoms with E-state index >= 15 is 0 Å². The largest absolute Gasteiger partial charge is 0.316 e. The van der Waals surface area contributed by atoms with E-state index in [0.29, 0.717) is 9.09 Å². The van der Waals surface area contributed by atoms with Crippen LogP contribution in [0.2, 0.25) is 0 Å². The molecule has 0 amide bonds. The Bertz CT molecular complexity index is 1450. The molecule has 2 heterocycles. The zero-order valence-electron chi connectivity index (χ0n) is 17.1. The Kier molecular flexibility index (Phi) is 5.55. The highest BCUT2D eigenvalue weighted by molar-refractivity contribution is 14.1. The number of aryl methyl sites for hydroxylation is 2. The van der Waals surface area contributed by atoms with Crippen molar-refractivity contribution < 1.29 is 12.8 Å². The highest BCUT2D eigenvalue weighted by Gasteiger charge is 2.27. The Morgan fingerprint density at radius 1 is 1.03 bits per heavy atom. The highest BCUT2D eigenvalue weighted by Crippen LogP contribution is 2.33. The first kappa shape index (κ1) is 21.8. The second-order valence-electron chi connectivity index (χ2n) is 7.59. The van der Waals surface area contributed by atoms with E-state index in [0.717, 1.165) is 20.7 Å². The molecular formula is C23H20FIN2O3S. The molecule has 0 saturated carbocycles. The summed E-state index contributed by atoms with van der Waals surface area (Å²) < 4.78 is 43.2. The summed E-state index contributed by atoms with van der Waals surface area (Å²) in [6, 6.07) is 14.4. The fourth-order valence-corrected chi connectivity index (χ4v) is 6.44. The van der Waals surface area contributed by atoms with Crippen LogP contribution < -0.4 is 5.56 Å². The van der Waals surface area contributed by atoms with Gasteiger partial charge in [0.2, 0.25) is 0 Å². The fourth-order valence-electron chi connectivity index (χ4n) is 3.71. The fraction of sp³-hybridized carbons (Fsp3) is 0.174. The van der Waals surface area contributed by atoms with Gasteiger partial charge in [-0.25, -0.2) is 16.8 Å². The minimum Gasteiger partial charge on any atom is -0.316 e. The molecule has 1 unspecified atom stereocenters. The summed E-state index contributed by atoms with van der Waals surface area (Å²) in [4.78, 5) is 13.2. The van der Waals surface area contributed by atoms with Crippen LogP contribution in [0.5, 0.6) is 0 Å². The predicted octanol–water partition coefficient (Wildman–Crippen LogP) is 4.78. The Morgan fingerprint density at radius 2 is 1.65 bits per heavy atom. The van der Waals surface area contributed by atoms with Crippen LogP contribution in [0.4, 0.5) is 4.39 Å². The Morgan fingerprint density at radius 3 is 2.26 bits per heavy atom. The molecule has 0 aliphatic carbocycles. The highest BCUT2D eigenvalue weighted by atomic mass is 127. The summed E-state index contributed by atoms with van der Waals surface area (Å²) >= 11 is 1.95. The van der Waals surface area contributed by atoms with Gasteiger partial charge in [0.25, 0.3) is 15.6 Å². The van der Waals surface area contributed by atoms with Crippen molar-refractivity contribution in [3.05, 3.63) is 97.4 Å². The number of hydrogen-bond acceptors (Lipinski definition) is 3. The molecule has 8 heteroatoms. The van der Waals surface area contributed by atoms with Gasteiger partial charge in [0.1, 0.15) is 11.3 Å². The van der Waals surface area contributed by atoms with Crippen molar-refractivity contribution in [1.29, 1.82) is 0 Å². The van der Waals surface area contributed by atoms with Crippen molar-refractivity contribution in [2.45, 2.75) is 24.7 Å². The Hall–Kier alpha value is -2.46. The second kappa shape index (κ2) is 7.90. The number of halogens is 2. The third-order valence-corrected chi connectivity index (χ3v) is 8.33. The summed E-state index contributed by atoms with van der Waals surface area (Å²) in [5.74, 6) is -0.505. The van der Waals surface area contributed by atoms with E-state index in [1.165, 1.54) is 16.7 Å². The number of rotatable bonds is 4. The van der Waals surface area contributed by atoms with E-state index < -0.39 is 15.6 Å². The number of hydrogen-bond donors (Lipinski definition) is 0. The van der Waals surface area contributed by atoms with E-state index in [9.17, 15) is 17.6 Å². The van der Waals surface area contributed by atoms with Gasteiger partial charge in [-0.1, -0.05) is 36.8 Å². The van der Waals surface area contributed by atoms with Gasteiger partial charge in [-0.3, -0.25) is 4.79 Å². The van der Waals surface area contributed by atoms with Crippen LogP contribution in [0.15, 0.2) is 70.5 Å². The zero-order chi connectivity index (χ0) is 22.5. The van der Waals surface area contributed by atoms with Gasteiger partial charge in [-0.15, -0.1) is 0 Å². The topological polar surface area (TPSA) is 61.1 Å². The molecule has 0 N–H and O–H groups in total. The molecule has 0 aliphatic heterocycles. The van der Waals surface area contributed by atoms with E-state index in [1.807, 2.05) is 36.4 Å². The minimum absolute atomic E-state index is 0.110. The lowest BCUT2D eigenvalue weighted by Gasteiger charge is -2.16. The van der Waals surface area contributed by atoms with E-state index in [4.69, 9.17) is 0 Å².